The van der Waals surface area contributed by atoms with E-state index in [1.165, 1.54) is 23.3 Å². The Hall–Kier alpha value is -4.06. The van der Waals surface area contributed by atoms with Crippen molar-refractivity contribution >= 4 is 16.9 Å². The van der Waals surface area contributed by atoms with Crippen LogP contribution in [-0.2, 0) is 6.54 Å². The van der Waals surface area contributed by atoms with Gasteiger partial charge < -0.3 is 19.2 Å². The third-order valence-electron chi connectivity index (χ3n) is 7.66. The van der Waals surface area contributed by atoms with Crippen molar-refractivity contribution in [3.63, 3.8) is 0 Å². The standard InChI is InChI=1S/C27H29FN6O5/c1-18-29-14-22(39-18)25(36)32-11-9-27(37,10-12-32)15-33-17-30-23-21(24(33)35)13-31-34(23)19-3-5-20(6-4-19)38-16-26(28)7-2-8-26/h3-6,13-14,17,37H,2,7-12,15-16H2,1H3. The molecule has 3 aromatic heterocycles. The molecular weight excluding hydrogens is 507 g/mol. The number of piperidine rings is 1. The Balaban J connectivity index is 1.13. The molecule has 1 N–H and O–H groups in total. The Labute approximate surface area is 222 Å². The maximum absolute atomic E-state index is 14.2. The lowest BCUT2D eigenvalue weighted by atomic mass is 9.83. The van der Waals surface area contributed by atoms with Gasteiger partial charge in [0.1, 0.15) is 29.7 Å². The van der Waals surface area contributed by atoms with E-state index in [1.807, 2.05) is 0 Å². The zero-order chi connectivity index (χ0) is 27.2. The first kappa shape index (κ1) is 25.2. The molecule has 4 aromatic rings. The van der Waals surface area contributed by atoms with Gasteiger partial charge in [0.15, 0.2) is 11.5 Å². The minimum absolute atomic E-state index is 0.0417. The molecule has 39 heavy (non-hydrogen) atoms. The maximum atomic E-state index is 14.2. The number of likely N-dealkylation sites (tertiary alicyclic amines) is 1. The van der Waals surface area contributed by atoms with E-state index in [0.717, 1.165) is 6.42 Å². The van der Waals surface area contributed by atoms with Crippen molar-refractivity contribution in [2.24, 2.45) is 0 Å². The molecule has 0 unspecified atom stereocenters. The number of hydrogen-bond acceptors (Lipinski definition) is 8. The highest BCUT2D eigenvalue weighted by molar-refractivity contribution is 5.91. The van der Waals surface area contributed by atoms with Crippen LogP contribution in [0.15, 0.2) is 52.2 Å². The molecule has 0 spiro atoms. The SMILES string of the molecule is Cc1ncc(C(=O)N2CCC(O)(Cn3cnc4c(cnn4-c4ccc(OCC5(F)CCC5)cc4)c3=O)CC2)o1. The van der Waals surface area contributed by atoms with E-state index in [-0.39, 0.29) is 30.4 Å². The molecule has 0 atom stereocenters. The lowest BCUT2D eigenvalue weighted by Gasteiger charge is -2.38. The smallest absolute Gasteiger partial charge is 0.291 e. The second-order valence-electron chi connectivity index (χ2n) is 10.5. The van der Waals surface area contributed by atoms with Gasteiger partial charge in [0, 0.05) is 20.0 Å². The first-order valence-corrected chi connectivity index (χ1v) is 13.0. The van der Waals surface area contributed by atoms with E-state index in [4.69, 9.17) is 9.15 Å². The van der Waals surface area contributed by atoms with Crippen molar-refractivity contribution in [1.82, 2.24) is 29.2 Å². The topological polar surface area (TPSA) is 129 Å². The minimum Gasteiger partial charge on any atom is -0.490 e. The van der Waals surface area contributed by atoms with Crippen LogP contribution in [0.1, 0.15) is 48.5 Å². The molecule has 1 amide bonds. The van der Waals surface area contributed by atoms with Crippen LogP contribution in [0.5, 0.6) is 5.75 Å². The molecule has 0 bridgehead atoms. The number of alkyl halides is 1. The first-order chi connectivity index (χ1) is 18.7. The second-order valence-corrected chi connectivity index (χ2v) is 10.5. The summed E-state index contributed by atoms with van der Waals surface area (Å²) in [4.78, 5) is 35.9. The number of ether oxygens (including phenoxy) is 1. The van der Waals surface area contributed by atoms with E-state index in [9.17, 15) is 19.1 Å². The van der Waals surface area contributed by atoms with Gasteiger partial charge in [-0.15, -0.1) is 0 Å². The average molecular weight is 537 g/mol. The normalized spacial score (nSPS) is 18.2. The van der Waals surface area contributed by atoms with Gasteiger partial charge >= 0.3 is 0 Å². The van der Waals surface area contributed by atoms with Crippen molar-refractivity contribution in [2.75, 3.05) is 19.7 Å². The molecule has 12 heteroatoms. The molecule has 204 valence electrons. The van der Waals surface area contributed by atoms with Crippen molar-refractivity contribution in [2.45, 2.75) is 56.8 Å². The van der Waals surface area contributed by atoms with Gasteiger partial charge in [-0.2, -0.15) is 5.10 Å². The number of aryl methyl sites for hydroxylation is 1. The van der Waals surface area contributed by atoms with E-state index < -0.39 is 11.3 Å². The number of aliphatic hydroxyl groups is 1. The highest BCUT2D eigenvalue weighted by Crippen LogP contribution is 2.36. The lowest BCUT2D eigenvalue weighted by molar-refractivity contribution is -0.0304. The molecule has 1 aliphatic heterocycles. The quantitative estimate of drug-likeness (QED) is 0.382. The molecule has 1 aromatic carbocycles. The van der Waals surface area contributed by atoms with Crippen molar-refractivity contribution in [3.05, 3.63) is 65.0 Å². The van der Waals surface area contributed by atoms with Gasteiger partial charge in [-0.1, -0.05) is 0 Å². The van der Waals surface area contributed by atoms with Crippen LogP contribution < -0.4 is 10.3 Å². The number of carbonyl (C=O) groups is 1. The zero-order valence-corrected chi connectivity index (χ0v) is 21.5. The number of benzene rings is 1. The van der Waals surface area contributed by atoms with Crippen LogP contribution in [0, 0.1) is 6.92 Å². The van der Waals surface area contributed by atoms with Crippen LogP contribution in [-0.4, -0.2) is 71.2 Å². The Morgan fingerprint density at radius 1 is 1.13 bits per heavy atom. The van der Waals surface area contributed by atoms with E-state index in [2.05, 4.69) is 15.1 Å². The molecule has 6 rings (SSSR count). The Bertz CT molecular complexity index is 1560. The predicted octanol–water partition coefficient (Wildman–Crippen LogP) is 2.82. The van der Waals surface area contributed by atoms with Gasteiger partial charge in [-0.3, -0.25) is 14.2 Å². The monoisotopic (exact) mass is 536 g/mol. The van der Waals surface area contributed by atoms with Gasteiger partial charge in [-0.25, -0.2) is 19.0 Å². The lowest BCUT2D eigenvalue weighted by Crippen LogP contribution is -2.49. The van der Waals surface area contributed by atoms with E-state index in [0.29, 0.717) is 67.1 Å². The summed E-state index contributed by atoms with van der Waals surface area (Å²) >= 11 is 0. The molecule has 1 saturated carbocycles. The van der Waals surface area contributed by atoms with Gasteiger partial charge in [0.2, 0.25) is 5.76 Å². The number of nitrogens with zero attached hydrogens (tertiary/aromatic N) is 6. The third-order valence-corrected chi connectivity index (χ3v) is 7.66. The fourth-order valence-corrected chi connectivity index (χ4v) is 5.07. The molecule has 0 radical (unpaired) electrons. The minimum atomic E-state index is -1.22. The number of rotatable bonds is 7. The predicted molar refractivity (Wildman–Crippen MR) is 138 cm³/mol. The molecular formula is C27H29FN6O5. The molecule has 2 aliphatic rings. The number of halogens is 1. The third kappa shape index (κ3) is 4.91. The van der Waals surface area contributed by atoms with Crippen LogP contribution in [0.2, 0.25) is 0 Å². The number of aromatic nitrogens is 5. The summed E-state index contributed by atoms with van der Waals surface area (Å²) in [5.41, 5.74) is -1.64. The largest absolute Gasteiger partial charge is 0.490 e. The first-order valence-electron chi connectivity index (χ1n) is 13.0. The molecule has 4 heterocycles. The van der Waals surface area contributed by atoms with Crippen molar-refractivity contribution in [1.29, 1.82) is 0 Å². The summed E-state index contributed by atoms with van der Waals surface area (Å²) in [5.74, 6) is 0.879. The van der Waals surface area contributed by atoms with Crippen LogP contribution in [0.25, 0.3) is 16.7 Å². The summed E-state index contributed by atoms with van der Waals surface area (Å²) < 4.78 is 28.1. The van der Waals surface area contributed by atoms with Gasteiger partial charge in [0.05, 0.1) is 30.2 Å². The summed E-state index contributed by atoms with van der Waals surface area (Å²) in [6.45, 7) is 2.40. The van der Waals surface area contributed by atoms with Crippen molar-refractivity contribution in [3.8, 4) is 11.4 Å². The number of oxazole rings is 1. The van der Waals surface area contributed by atoms with Crippen molar-refractivity contribution < 1.29 is 23.4 Å². The molecule has 11 nitrogen and oxygen atoms in total. The highest BCUT2D eigenvalue weighted by atomic mass is 19.1. The highest BCUT2D eigenvalue weighted by Gasteiger charge is 2.38. The molecule has 1 aliphatic carbocycles. The fraction of sp³-hybridized carbons (Fsp3) is 0.444. The van der Waals surface area contributed by atoms with E-state index in [1.54, 1.807) is 40.8 Å². The Morgan fingerprint density at radius 3 is 2.51 bits per heavy atom. The number of hydrogen-bond donors (Lipinski definition) is 1. The second kappa shape index (κ2) is 9.60. The number of amides is 1. The van der Waals surface area contributed by atoms with Crippen LogP contribution >= 0.6 is 0 Å². The van der Waals surface area contributed by atoms with Gasteiger partial charge in [-0.05, 0) is 56.4 Å². The zero-order valence-electron chi connectivity index (χ0n) is 21.5. The summed E-state index contributed by atoms with van der Waals surface area (Å²) in [6.07, 6.45) is 6.83. The Kier molecular flexibility index (Phi) is 6.21. The molecule has 1 saturated heterocycles. The summed E-state index contributed by atoms with van der Waals surface area (Å²) in [7, 11) is 0. The van der Waals surface area contributed by atoms with Gasteiger partial charge in [0.25, 0.3) is 11.5 Å². The molecule has 2 fully saturated rings. The number of fused-ring (bicyclic) bond motifs is 1. The average Bonchev–Trinajstić information content (AvgIpc) is 3.55. The van der Waals surface area contributed by atoms with Crippen LogP contribution in [0.4, 0.5) is 4.39 Å². The Morgan fingerprint density at radius 2 is 1.87 bits per heavy atom. The van der Waals surface area contributed by atoms with Crippen LogP contribution in [0.3, 0.4) is 0 Å². The van der Waals surface area contributed by atoms with E-state index >= 15 is 0 Å². The number of carbonyl (C=O) groups excluding carboxylic acids is 1. The fourth-order valence-electron chi connectivity index (χ4n) is 5.07. The maximum Gasteiger partial charge on any atom is 0.291 e. The summed E-state index contributed by atoms with van der Waals surface area (Å²) in [6, 6.07) is 7.03. The summed E-state index contributed by atoms with van der Waals surface area (Å²) in [5, 5.41) is 15.9.